The molecule has 1 aromatic rings. The van der Waals surface area contributed by atoms with Crippen molar-refractivity contribution in [3.8, 4) is 0 Å². The van der Waals surface area contributed by atoms with E-state index in [1.54, 1.807) is 12.1 Å². The number of benzene rings is 1. The number of rotatable bonds is 5. The van der Waals surface area contributed by atoms with E-state index in [-0.39, 0.29) is 17.5 Å². The lowest BCUT2D eigenvalue weighted by atomic mass is 10.0. The fourth-order valence-corrected chi connectivity index (χ4v) is 2.82. The van der Waals surface area contributed by atoms with E-state index in [1.165, 1.54) is 6.07 Å². The van der Waals surface area contributed by atoms with Crippen molar-refractivity contribution >= 4 is 0 Å². The van der Waals surface area contributed by atoms with Crippen LogP contribution in [0.25, 0.3) is 0 Å². The zero-order valence-electron chi connectivity index (χ0n) is 12.7. The predicted octanol–water partition coefficient (Wildman–Crippen LogP) is 2.59. The first-order valence-electron chi connectivity index (χ1n) is 7.29. The van der Waals surface area contributed by atoms with E-state index < -0.39 is 0 Å². The lowest BCUT2D eigenvalue weighted by Gasteiger charge is -2.38. The second-order valence-electron chi connectivity index (χ2n) is 6.07. The van der Waals surface area contributed by atoms with Crippen LogP contribution in [0, 0.1) is 5.82 Å². The lowest BCUT2D eigenvalue weighted by molar-refractivity contribution is -0.0864. The third-order valence-electron chi connectivity index (χ3n) is 3.84. The summed E-state index contributed by atoms with van der Waals surface area (Å²) in [5.74, 6) is -0.171. The third kappa shape index (κ3) is 4.27. The average molecular weight is 280 g/mol. The van der Waals surface area contributed by atoms with Gasteiger partial charge < -0.3 is 10.1 Å². The van der Waals surface area contributed by atoms with Gasteiger partial charge in [-0.05, 0) is 45.0 Å². The van der Waals surface area contributed by atoms with E-state index in [0.29, 0.717) is 0 Å². The molecule has 4 heteroatoms. The highest BCUT2D eigenvalue weighted by atomic mass is 19.1. The first kappa shape index (κ1) is 15.4. The molecule has 1 aliphatic rings. The maximum Gasteiger partial charge on any atom is 0.123 e. The quantitative estimate of drug-likeness (QED) is 0.897. The Morgan fingerprint density at radius 3 is 2.90 bits per heavy atom. The zero-order chi connectivity index (χ0) is 14.6. The molecule has 1 fully saturated rings. The SMILES string of the molecule is CNC(CCN1CCOC(C)(C)C1)c1cccc(F)c1. The number of ether oxygens (including phenoxy) is 1. The molecule has 1 atom stereocenters. The summed E-state index contributed by atoms with van der Waals surface area (Å²) in [4.78, 5) is 2.42. The van der Waals surface area contributed by atoms with Crippen LogP contribution >= 0.6 is 0 Å². The van der Waals surface area contributed by atoms with Crippen LogP contribution < -0.4 is 5.32 Å². The topological polar surface area (TPSA) is 24.5 Å². The van der Waals surface area contributed by atoms with Crippen LogP contribution in [0.4, 0.5) is 4.39 Å². The third-order valence-corrected chi connectivity index (χ3v) is 3.84. The van der Waals surface area contributed by atoms with Gasteiger partial charge in [0.2, 0.25) is 0 Å². The molecule has 0 bridgehead atoms. The Hall–Kier alpha value is -0.970. The summed E-state index contributed by atoms with van der Waals surface area (Å²) in [7, 11) is 1.93. The smallest absolute Gasteiger partial charge is 0.123 e. The molecule has 0 aromatic heterocycles. The largest absolute Gasteiger partial charge is 0.373 e. The molecule has 0 amide bonds. The average Bonchev–Trinajstić information content (AvgIpc) is 2.38. The van der Waals surface area contributed by atoms with E-state index in [9.17, 15) is 4.39 Å². The van der Waals surface area contributed by atoms with Crippen molar-refractivity contribution in [1.29, 1.82) is 0 Å². The van der Waals surface area contributed by atoms with Crippen LogP contribution in [0.2, 0.25) is 0 Å². The Labute approximate surface area is 121 Å². The van der Waals surface area contributed by atoms with Crippen LogP contribution in [0.1, 0.15) is 31.9 Å². The maximum absolute atomic E-state index is 13.3. The van der Waals surface area contributed by atoms with Crippen molar-refractivity contribution < 1.29 is 9.13 Å². The van der Waals surface area contributed by atoms with Crippen molar-refractivity contribution in [2.75, 3.05) is 33.3 Å². The second kappa shape index (κ2) is 6.66. The zero-order valence-corrected chi connectivity index (χ0v) is 12.7. The monoisotopic (exact) mass is 280 g/mol. The summed E-state index contributed by atoms with van der Waals surface area (Å²) in [6.07, 6.45) is 0.968. The molecule has 112 valence electrons. The molecule has 0 spiro atoms. The molecule has 1 saturated heterocycles. The van der Waals surface area contributed by atoms with E-state index >= 15 is 0 Å². The van der Waals surface area contributed by atoms with Gasteiger partial charge in [-0.15, -0.1) is 0 Å². The summed E-state index contributed by atoms with van der Waals surface area (Å²) in [6.45, 7) is 7.96. The van der Waals surface area contributed by atoms with Gasteiger partial charge in [-0.25, -0.2) is 4.39 Å². The van der Waals surface area contributed by atoms with Gasteiger partial charge in [-0.1, -0.05) is 12.1 Å². The fraction of sp³-hybridized carbons (Fsp3) is 0.625. The maximum atomic E-state index is 13.3. The van der Waals surface area contributed by atoms with Gasteiger partial charge >= 0.3 is 0 Å². The minimum Gasteiger partial charge on any atom is -0.373 e. The lowest BCUT2D eigenvalue weighted by Crippen LogP contribution is -2.48. The van der Waals surface area contributed by atoms with E-state index in [1.807, 2.05) is 13.1 Å². The van der Waals surface area contributed by atoms with Gasteiger partial charge in [0.15, 0.2) is 0 Å². The van der Waals surface area contributed by atoms with Gasteiger partial charge in [0.05, 0.1) is 12.2 Å². The molecule has 20 heavy (non-hydrogen) atoms. The molecule has 0 aliphatic carbocycles. The molecule has 1 unspecified atom stereocenters. The van der Waals surface area contributed by atoms with Crippen LogP contribution in [0.15, 0.2) is 24.3 Å². The van der Waals surface area contributed by atoms with Crippen LogP contribution in [0.3, 0.4) is 0 Å². The Balaban J connectivity index is 1.91. The molecule has 1 N–H and O–H groups in total. The Morgan fingerprint density at radius 2 is 2.25 bits per heavy atom. The predicted molar refractivity (Wildman–Crippen MR) is 79.3 cm³/mol. The number of nitrogens with one attached hydrogen (secondary N) is 1. The summed E-state index contributed by atoms with van der Waals surface area (Å²) < 4.78 is 19.0. The van der Waals surface area contributed by atoms with Gasteiger partial charge in [0, 0.05) is 25.7 Å². The molecular weight excluding hydrogens is 255 g/mol. The molecule has 2 rings (SSSR count). The van der Waals surface area contributed by atoms with E-state index in [4.69, 9.17) is 4.74 Å². The van der Waals surface area contributed by atoms with Crippen LogP contribution in [-0.2, 0) is 4.74 Å². The highest BCUT2D eigenvalue weighted by molar-refractivity contribution is 5.20. The molecule has 0 saturated carbocycles. The highest BCUT2D eigenvalue weighted by Crippen LogP contribution is 2.21. The molecule has 1 heterocycles. The number of morpholine rings is 1. The van der Waals surface area contributed by atoms with Crippen molar-refractivity contribution in [3.63, 3.8) is 0 Å². The summed E-state index contributed by atoms with van der Waals surface area (Å²) in [5, 5.41) is 3.28. The summed E-state index contributed by atoms with van der Waals surface area (Å²) in [6, 6.07) is 7.04. The van der Waals surface area contributed by atoms with Gasteiger partial charge in [0.1, 0.15) is 5.82 Å². The fourth-order valence-electron chi connectivity index (χ4n) is 2.82. The second-order valence-corrected chi connectivity index (χ2v) is 6.07. The van der Waals surface area contributed by atoms with Crippen LogP contribution in [-0.4, -0.2) is 43.8 Å². The van der Waals surface area contributed by atoms with E-state index in [2.05, 4.69) is 24.1 Å². The van der Waals surface area contributed by atoms with Crippen molar-refractivity contribution in [1.82, 2.24) is 10.2 Å². The number of nitrogens with zero attached hydrogens (tertiary/aromatic N) is 1. The molecule has 1 aliphatic heterocycles. The van der Waals surface area contributed by atoms with Crippen molar-refractivity contribution in [2.24, 2.45) is 0 Å². The van der Waals surface area contributed by atoms with Gasteiger partial charge in [-0.2, -0.15) is 0 Å². The summed E-state index contributed by atoms with van der Waals surface area (Å²) >= 11 is 0. The summed E-state index contributed by atoms with van der Waals surface area (Å²) in [5.41, 5.74) is 0.951. The minimum absolute atomic E-state index is 0.0632. The number of hydrogen-bond donors (Lipinski definition) is 1. The Bertz CT molecular complexity index is 436. The van der Waals surface area contributed by atoms with E-state index in [0.717, 1.165) is 38.2 Å². The van der Waals surface area contributed by atoms with Crippen LogP contribution in [0.5, 0.6) is 0 Å². The minimum atomic E-state index is -0.171. The first-order chi connectivity index (χ1) is 9.50. The Morgan fingerprint density at radius 1 is 1.45 bits per heavy atom. The first-order valence-corrected chi connectivity index (χ1v) is 7.29. The highest BCUT2D eigenvalue weighted by Gasteiger charge is 2.27. The normalized spacial score (nSPS) is 20.8. The van der Waals surface area contributed by atoms with Crippen molar-refractivity contribution in [2.45, 2.75) is 31.9 Å². The molecule has 3 nitrogen and oxygen atoms in total. The molecule has 0 radical (unpaired) electrons. The molecule has 1 aromatic carbocycles. The number of hydrogen-bond acceptors (Lipinski definition) is 3. The molecular formula is C16H25FN2O. The van der Waals surface area contributed by atoms with Gasteiger partial charge in [-0.3, -0.25) is 4.90 Å². The standard InChI is InChI=1S/C16H25FN2O/c1-16(2)12-19(9-10-20-16)8-7-15(18-3)13-5-4-6-14(17)11-13/h4-6,11,15,18H,7-10,12H2,1-3H3. The van der Waals surface area contributed by atoms with Crippen molar-refractivity contribution in [3.05, 3.63) is 35.6 Å². The Kier molecular flexibility index (Phi) is 5.13. The number of halogens is 1. The van der Waals surface area contributed by atoms with Gasteiger partial charge in [0.25, 0.3) is 0 Å².